The summed E-state index contributed by atoms with van der Waals surface area (Å²) in [5.74, 6) is 1.72. The zero-order valence-electron chi connectivity index (χ0n) is 17.2. The number of nitrogens with zero attached hydrogens (tertiary/aromatic N) is 2. The number of benzene rings is 2. The lowest BCUT2D eigenvalue weighted by molar-refractivity contribution is -0.113. The van der Waals surface area contributed by atoms with Crippen molar-refractivity contribution < 1.29 is 19.0 Å². The average Bonchev–Trinajstić information content (AvgIpc) is 2.76. The molecule has 8 heteroatoms. The van der Waals surface area contributed by atoms with Crippen molar-refractivity contribution in [1.29, 1.82) is 0 Å². The number of hydroxylamine groups is 2. The van der Waals surface area contributed by atoms with Gasteiger partial charge >= 0.3 is 0 Å². The summed E-state index contributed by atoms with van der Waals surface area (Å²) in [6.07, 6.45) is 0. The van der Waals surface area contributed by atoms with Crippen LogP contribution in [0.25, 0.3) is 10.8 Å². The van der Waals surface area contributed by atoms with Crippen LogP contribution in [0.15, 0.2) is 42.5 Å². The maximum atomic E-state index is 6.32. The molecule has 0 fully saturated rings. The maximum absolute atomic E-state index is 6.32. The molecule has 6 nitrogen and oxygen atoms in total. The molecule has 0 aliphatic carbocycles. The third-order valence-electron chi connectivity index (χ3n) is 4.42. The van der Waals surface area contributed by atoms with E-state index in [9.17, 15) is 0 Å². The molecule has 0 N–H and O–H groups in total. The van der Waals surface area contributed by atoms with Crippen LogP contribution in [0.4, 0.5) is 0 Å². The van der Waals surface area contributed by atoms with Gasteiger partial charge in [-0.1, -0.05) is 35.3 Å². The van der Waals surface area contributed by atoms with Crippen LogP contribution in [0.3, 0.4) is 0 Å². The Bertz CT molecular complexity index is 1000. The number of pyridine rings is 1. The van der Waals surface area contributed by atoms with Gasteiger partial charge < -0.3 is 19.0 Å². The Kier molecular flexibility index (Phi) is 7.99. The zero-order valence-corrected chi connectivity index (χ0v) is 18.7. The monoisotopic (exact) mass is 450 g/mol. The first-order chi connectivity index (χ1) is 14.5. The van der Waals surface area contributed by atoms with E-state index in [1.54, 1.807) is 18.2 Å². The lowest BCUT2D eigenvalue weighted by Crippen LogP contribution is -2.23. The first kappa shape index (κ1) is 22.4. The first-order valence-corrected chi connectivity index (χ1v) is 10.3. The van der Waals surface area contributed by atoms with Crippen LogP contribution in [0.5, 0.6) is 17.4 Å². The number of hydrogen-bond acceptors (Lipinski definition) is 6. The van der Waals surface area contributed by atoms with E-state index in [4.69, 9.17) is 42.3 Å². The third kappa shape index (κ3) is 5.46. The number of fused-ring (bicyclic) bond motifs is 1. The summed E-state index contributed by atoms with van der Waals surface area (Å²) >= 11 is 12.4. The van der Waals surface area contributed by atoms with E-state index in [2.05, 4.69) is 4.98 Å². The molecule has 30 heavy (non-hydrogen) atoms. The van der Waals surface area contributed by atoms with Gasteiger partial charge in [-0.05, 0) is 37.3 Å². The Hall–Kier alpha value is -2.25. The van der Waals surface area contributed by atoms with Crippen LogP contribution in [0.2, 0.25) is 10.0 Å². The molecule has 0 spiro atoms. The second kappa shape index (κ2) is 10.7. The molecule has 0 saturated carbocycles. The van der Waals surface area contributed by atoms with Crippen molar-refractivity contribution in [2.75, 3.05) is 33.9 Å². The molecule has 0 bridgehead atoms. The summed E-state index contributed by atoms with van der Waals surface area (Å²) in [7, 11) is 3.44. The molecule has 1 aromatic heterocycles. The van der Waals surface area contributed by atoms with Crippen LogP contribution < -0.4 is 14.2 Å². The highest BCUT2D eigenvalue weighted by molar-refractivity contribution is 6.45. The third-order valence-corrected chi connectivity index (χ3v) is 5.24. The molecule has 0 atom stereocenters. The fourth-order valence-electron chi connectivity index (χ4n) is 2.81. The van der Waals surface area contributed by atoms with Gasteiger partial charge in [-0.2, -0.15) is 5.06 Å². The summed E-state index contributed by atoms with van der Waals surface area (Å²) in [4.78, 5) is 9.62. The lowest BCUT2D eigenvalue weighted by Gasteiger charge is -2.16. The highest BCUT2D eigenvalue weighted by Gasteiger charge is 2.12. The van der Waals surface area contributed by atoms with Gasteiger partial charge in [0.2, 0.25) is 0 Å². The Morgan fingerprint density at radius 2 is 1.77 bits per heavy atom. The van der Waals surface area contributed by atoms with Crippen molar-refractivity contribution in [2.45, 2.75) is 13.5 Å². The summed E-state index contributed by atoms with van der Waals surface area (Å²) < 4.78 is 17.4. The van der Waals surface area contributed by atoms with Crippen molar-refractivity contribution in [3.63, 3.8) is 0 Å². The minimum absolute atomic E-state index is 0.270. The predicted molar refractivity (Wildman–Crippen MR) is 119 cm³/mol. The molecule has 0 unspecified atom stereocenters. The summed E-state index contributed by atoms with van der Waals surface area (Å²) in [5.41, 5.74) is 0.719. The number of likely N-dealkylation sites (N-methyl/N-ethyl adjacent to an activating group) is 1. The Morgan fingerprint density at radius 3 is 2.53 bits per heavy atom. The first-order valence-electron chi connectivity index (χ1n) is 9.53. The SMILES string of the molecule is CCOc1nc(COc2cccc3c(Cl)c(Cl)ccc23)ccc1OCCN(C)OC. The molecule has 0 saturated heterocycles. The average molecular weight is 451 g/mol. The van der Waals surface area contributed by atoms with Crippen molar-refractivity contribution in [3.8, 4) is 17.4 Å². The van der Waals surface area contributed by atoms with Crippen LogP contribution in [0.1, 0.15) is 12.6 Å². The van der Waals surface area contributed by atoms with Gasteiger partial charge in [-0.15, -0.1) is 0 Å². The Balaban J connectivity index is 1.73. The molecule has 0 aliphatic rings. The number of halogens is 2. The molecule has 0 aliphatic heterocycles. The number of hydrogen-bond donors (Lipinski definition) is 0. The second-order valence-electron chi connectivity index (χ2n) is 6.42. The summed E-state index contributed by atoms with van der Waals surface area (Å²) in [6.45, 7) is 3.71. The van der Waals surface area contributed by atoms with Crippen molar-refractivity contribution in [1.82, 2.24) is 10.0 Å². The number of ether oxygens (including phenoxy) is 3. The molecule has 1 heterocycles. The van der Waals surface area contributed by atoms with E-state index in [1.165, 1.54) is 0 Å². The fraction of sp³-hybridized carbons (Fsp3) is 0.318. The van der Waals surface area contributed by atoms with E-state index < -0.39 is 0 Å². The van der Waals surface area contributed by atoms with E-state index in [-0.39, 0.29) is 6.61 Å². The van der Waals surface area contributed by atoms with E-state index in [0.29, 0.717) is 47.2 Å². The highest BCUT2D eigenvalue weighted by atomic mass is 35.5. The normalized spacial score (nSPS) is 11.1. The van der Waals surface area contributed by atoms with Gasteiger partial charge in [0.05, 0.1) is 36.0 Å². The maximum Gasteiger partial charge on any atom is 0.257 e. The fourth-order valence-corrected chi connectivity index (χ4v) is 3.21. The largest absolute Gasteiger partial charge is 0.487 e. The van der Waals surface area contributed by atoms with Crippen molar-refractivity contribution in [3.05, 3.63) is 58.2 Å². The molecule has 3 rings (SSSR count). The molecule has 0 amide bonds. The molecule has 0 radical (unpaired) electrons. The molecular formula is C22H24Cl2N2O4. The van der Waals surface area contributed by atoms with Gasteiger partial charge in [0.25, 0.3) is 5.88 Å². The van der Waals surface area contributed by atoms with E-state index in [1.807, 2.05) is 50.4 Å². The second-order valence-corrected chi connectivity index (χ2v) is 7.21. The Labute approximate surface area is 186 Å². The minimum Gasteiger partial charge on any atom is -0.487 e. The minimum atomic E-state index is 0.270. The van der Waals surface area contributed by atoms with Crippen molar-refractivity contribution in [2.24, 2.45) is 0 Å². The molecule has 3 aromatic rings. The van der Waals surface area contributed by atoms with E-state index in [0.717, 1.165) is 16.5 Å². The molecular weight excluding hydrogens is 427 g/mol. The Morgan fingerprint density at radius 1 is 0.933 bits per heavy atom. The lowest BCUT2D eigenvalue weighted by atomic mass is 10.1. The smallest absolute Gasteiger partial charge is 0.257 e. The van der Waals surface area contributed by atoms with Gasteiger partial charge in [0, 0.05) is 17.8 Å². The number of rotatable bonds is 10. The van der Waals surface area contributed by atoms with Crippen molar-refractivity contribution >= 4 is 34.0 Å². The van der Waals surface area contributed by atoms with Crippen LogP contribution in [0, 0.1) is 0 Å². The highest BCUT2D eigenvalue weighted by Crippen LogP contribution is 2.35. The van der Waals surface area contributed by atoms with Gasteiger partial charge in [0.1, 0.15) is 19.0 Å². The standard InChI is InChI=1S/C22H24Cl2N2O4/c1-4-28-22-20(29-13-12-26(2)27-3)11-8-15(25-22)14-30-19-7-5-6-17-16(19)9-10-18(23)21(17)24/h5-11H,4,12-14H2,1-3H3. The van der Waals surface area contributed by atoms with E-state index >= 15 is 0 Å². The molecule has 2 aromatic carbocycles. The van der Waals surface area contributed by atoms with Crippen LogP contribution in [-0.4, -0.2) is 44.0 Å². The van der Waals surface area contributed by atoms with Crippen LogP contribution in [-0.2, 0) is 11.4 Å². The summed E-state index contributed by atoms with van der Waals surface area (Å²) in [6, 6.07) is 13.0. The van der Waals surface area contributed by atoms with Crippen LogP contribution >= 0.6 is 23.2 Å². The molecule has 160 valence electrons. The summed E-state index contributed by atoms with van der Waals surface area (Å²) in [5, 5.41) is 4.43. The van der Waals surface area contributed by atoms with Gasteiger partial charge in [0.15, 0.2) is 5.75 Å². The predicted octanol–water partition coefficient (Wildman–Crippen LogP) is 5.39. The topological polar surface area (TPSA) is 53.0 Å². The van der Waals surface area contributed by atoms with Gasteiger partial charge in [-0.3, -0.25) is 0 Å². The van der Waals surface area contributed by atoms with Gasteiger partial charge in [-0.25, -0.2) is 4.98 Å². The zero-order chi connectivity index (χ0) is 21.5. The quantitative estimate of drug-likeness (QED) is 0.385. The number of aromatic nitrogens is 1.